The number of nitrogens with zero attached hydrogens (tertiary/aromatic N) is 1. The molecule has 21 heavy (non-hydrogen) atoms. The first kappa shape index (κ1) is 15.6. The second-order valence-electron chi connectivity index (χ2n) is 4.75. The molecule has 0 radical (unpaired) electrons. The van der Waals surface area contributed by atoms with Crippen molar-refractivity contribution in [2.75, 3.05) is 18.5 Å². The van der Waals surface area contributed by atoms with Crippen LogP contribution >= 0.6 is 0 Å². The Morgan fingerprint density at radius 3 is 2.81 bits per heavy atom. The fraction of sp³-hybridized carbons (Fsp3) is 0.538. The number of carboxylic acids is 1. The van der Waals surface area contributed by atoms with Gasteiger partial charge >= 0.3 is 12.1 Å². The number of carboxylic acid groups (broad SMARTS) is 1. The van der Waals surface area contributed by atoms with Crippen molar-refractivity contribution in [2.24, 2.45) is 0 Å². The average Bonchev–Trinajstić information content (AvgIpc) is 2.90. The third-order valence-corrected chi connectivity index (χ3v) is 3.20. The van der Waals surface area contributed by atoms with Crippen LogP contribution in [0.4, 0.5) is 19.0 Å². The third kappa shape index (κ3) is 4.07. The smallest absolute Gasteiger partial charge is 0.433 e. The number of nitrogens with one attached hydrogen (secondary N) is 1. The number of carbonyl (C=O) groups is 1. The van der Waals surface area contributed by atoms with E-state index in [2.05, 4.69) is 10.3 Å². The predicted octanol–water partition coefficient (Wildman–Crippen LogP) is 2.78. The molecule has 0 aromatic carbocycles. The van der Waals surface area contributed by atoms with Crippen molar-refractivity contribution in [2.45, 2.75) is 31.5 Å². The maximum absolute atomic E-state index is 12.6. The van der Waals surface area contributed by atoms with E-state index < -0.39 is 17.8 Å². The molecule has 116 valence electrons. The van der Waals surface area contributed by atoms with Crippen molar-refractivity contribution in [3.63, 3.8) is 0 Å². The second kappa shape index (κ2) is 6.30. The molecule has 0 saturated carbocycles. The Morgan fingerprint density at radius 2 is 2.24 bits per heavy atom. The maximum Gasteiger partial charge on any atom is 0.433 e. The lowest BCUT2D eigenvalue weighted by atomic mass is 10.2. The standard InChI is InChI=1S/C13H15F3N2O3/c14-13(15,16)10-4-3-9(12(19)20)11(18-10)17-6-5-8-2-1-7-21-8/h3-4,8H,1-2,5-7H2,(H,17,18)(H,19,20). The molecule has 1 unspecified atom stereocenters. The SMILES string of the molecule is O=C(O)c1ccc(C(F)(F)F)nc1NCCC1CCCO1. The molecule has 0 amide bonds. The molecule has 1 aromatic heterocycles. The quantitative estimate of drug-likeness (QED) is 0.875. The Morgan fingerprint density at radius 1 is 1.48 bits per heavy atom. The van der Waals surface area contributed by atoms with Gasteiger partial charge in [-0.3, -0.25) is 0 Å². The van der Waals surface area contributed by atoms with Crippen molar-refractivity contribution in [1.82, 2.24) is 4.98 Å². The Hall–Kier alpha value is -1.83. The van der Waals surface area contributed by atoms with E-state index in [9.17, 15) is 18.0 Å². The molecule has 0 bridgehead atoms. The first-order valence-corrected chi connectivity index (χ1v) is 6.55. The van der Waals surface area contributed by atoms with Gasteiger partial charge in [-0.15, -0.1) is 0 Å². The van der Waals surface area contributed by atoms with Gasteiger partial charge in [-0.05, 0) is 31.4 Å². The zero-order valence-corrected chi connectivity index (χ0v) is 11.1. The van der Waals surface area contributed by atoms with E-state index in [0.29, 0.717) is 25.6 Å². The maximum atomic E-state index is 12.6. The number of hydrogen-bond acceptors (Lipinski definition) is 4. The van der Waals surface area contributed by atoms with E-state index in [1.54, 1.807) is 0 Å². The molecule has 2 N–H and O–H groups in total. The van der Waals surface area contributed by atoms with Crippen molar-refractivity contribution in [3.05, 3.63) is 23.4 Å². The third-order valence-electron chi connectivity index (χ3n) is 3.20. The van der Waals surface area contributed by atoms with Gasteiger partial charge in [-0.2, -0.15) is 13.2 Å². The van der Waals surface area contributed by atoms with Crippen LogP contribution in [0.5, 0.6) is 0 Å². The predicted molar refractivity (Wildman–Crippen MR) is 68.3 cm³/mol. The highest BCUT2D eigenvalue weighted by Gasteiger charge is 2.33. The van der Waals surface area contributed by atoms with Crippen LogP contribution in [0.2, 0.25) is 0 Å². The van der Waals surface area contributed by atoms with Crippen molar-refractivity contribution < 1.29 is 27.8 Å². The number of halogens is 3. The van der Waals surface area contributed by atoms with Gasteiger partial charge in [0.1, 0.15) is 17.1 Å². The Bertz CT molecular complexity index is 514. The second-order valence-corrected chi connectivity index (χ2v) is 4.75. The van der Waals surface area contributed by atoms with Gasteiger partial charge in [-0.25, -0.2) is 9.78 Å². The van der Waals surface area contributed by atoms with Crippen LogP contribution in [-0.2, 0) is 10.9 Å². The number of hydrogen-bond donors (Lipinski definition) is 2. The normalized spacial score (nSPS) is 18.7. The number of alkyl halides is 3. The molecule has 2 rings (SSSR count). The molecule has 8 heteroatoms. The summed E-state index contributed by atoms with van der Waals surface area (Å²) in [6.07, 6.45) is -2.08. The lowest BCUT2D eigenvalue weighted by Crippen LogP contribution is -2.17. The molecule has 1 atom stereocenters. The van der Waals surface area contributed by atoms with E-state index in [4.69, 9.17) is 9.84 Å². The fourth-order valence-electron chi connectivity index (χ4n) is 2.15. The van der Waals surface area contributed by atoms with Crippen LogP contribution in [0.1, 0.15) is 35.3 Å². The topological polar surface area (TPSA) is 71.5 Å². The summed E-state index contributed by atoms with van der Waals surface area (Å²) < 4.78 is 43.2. The molecule has 0 spiro atoms. The van der Waals surface area contributed by atoms with Gasteiger partial charge in [0, 0.05) is 13.2 Å². The lowest BCUT2D eigenvalue weighted by Gasteiger charge is -2.14. The fourth-order valence-corrected chi connectivity index (χ4v) is 2.15. The minimum absolute atomic E-state index is 0.0663. The number of anilines is 1. The molecule has 1 saturated heterocycles. The van der Waals surface area contributed by atoms with E-state index in [-0.39, 0.29) is 17.5 Å². The Kier molecular flexibility index (Phi) is 4.66. The molecule has 1 aliphatic rings. The van der Waals surface area contributed by atoms with Gasteiger partial charge in [0.15, 0.2) is 0 Å². The van der Waals surface area contributed by atoms with Crippen LogP contribution in [0.3, 0.4) is 0 Å². The lowest BCUT2D eigenvalue weighted by molar-refractivity contribution is -0.141. The van der Waals surface area contributed by atoms with E-state index >= 15 is 0 Å². The molecule has 5 nitrogen and oxygen atoms in total. The summed E-state index contributed by atoms with van der Waals surface area (Å²) in [4.78, 5) is 14.4. The number of pyridine rings is 1. The van der Waals surface area contributed by atoms with Gasteiger partial charge < -0.3 is 15.2 Å². The Balaban J connectivity index is 2.08. The van der Waals surface area contributed by atoms with E-state index in [0.717, 1.165) is 18.9 Å². The van der Waals surface area contributed by atoms with Crippen LogP contribution < -0.4 is 5.32 Å². The van der Waals surface area contributed by atoms with Gasteiger partial charge in [0.2, 0.25) is 0 Å². The first-order chi connectivity index (χ1) is 9.88. The van der Waals surface area contributed by atoms with Crippen LogP contribution in [0.15, 0.2) is 12.1 Å². The van der Waals surface area contributed by atoms with Crippen molar-refractivity contribution >= 4 is 11.8 Å². The van der Waals surface area contributed by atoms with Gasteiger partial charge in [0.05, 0.1) is 6.10 Å². The molecule has 0 aliphatic carbocycles. The number of rotatable bonds is 5. The number of aromatic nitrogens is 1. The molecular formula is C13H15F3N2O3. The summed E-state index contributed by atoms with van der Waals surface area (Å²) in [6, 6.07) is 1.57. The van der Waals surface area contributed by atoms with Crippen molar-refractivity contribution in [1.29, 1.82) is 0 Å². The average molecular weight is 304 g/mol. The molecular weight excluding hydrogens is 289 g/mol. The molecule has 2 heterocycles. The van der Waals surface area contributed by atoms with Gasteiger partial charge in [-0.1, -0.05) is 0 Å². The zero-order chi connectivity index (χ0) is 15.5. The number of ether oxygens (including phenoxy) is 1. The largest absolute Gasteiger partial charge is 0.478 e. The summed E-state index contributed by atoms with van der Waals surface area (Å²) in [5, 5.41) is 11.6. The summed E-state index contributed by atoms with van der Waals surface area (Å²) in [5.74, 6) is -1.59. The van der Waals surface area contributed by atoms with Gasteiger partial charge in [0.25, 0.3) is 0 Å². The van der Waals surface area contributed by atoms with Crippen LogP contribution in [0.25, 0.3) is 0 Å². The van der Waals surface area contributed by atoms with E-state index in [1.807, 2.05) is 0 Å². The van der Waals surface area contributed by atoms with Crippen molar-refractivity contribution in [3.8, 4) is 0 Å². The minimum atomic E-state index is -4.61. The summed E-state index contributed by atoms with van der Waals surface area (Å²) in [5.41, 5.74) is -1.40. The first-order valence-electron chi connectivity index (χ1n) is 6.55. The highest BCUT2D eigenvalue weighted by molar-refractivity contribution is 5.93. The van der Waals surface area contributed by atoms with Crippen LogP contribution in [-0.4, -0.2) is 35.3 Å². The summed E-state index contributed by atoms with van der Waals surface area (Å²) >= 11 is 0. The number of aromatic carboxylic acids is 1. The zero-order valence-electron chi connectivity index (χ0n) is 11.1. The monoisotopic (exact) mass is 304 g/mol. The molecule has 1 aromatic rings. The summed E-state index contributed by atoms with van der Waals surface area (Å²) in [7, 11) is 0. The Labute approximate surface area is 119 Å². The highest BCUT2D eigenvalue weighted by Crippen LogP contribution is 2.29. The molecule has 1 aliphatic heterocycles. The van der Waals surface area contributed by atoms with Crippen LogP contribution in [0, 0.1) is 0 Å². The highest BCUT2D eigenvalue weighted by atomic mass is 19.4. The summed E-state index contributed by atoms with van der Waals surface area (Å²) in [6.45, 7) is 0.992. The van der Waals surface area contributed by atoms with E-state index in [1.165, 1.54) is 0 Å². The molecule has 1 fully saturated rings. The minimum Gasteiger partial charge on any atom is -0.478 e.